The van der Waals surface area contributed by atoms with Gasteiger partial charge in [0.1, 0.15) is 0 Å². The third-order valence-corrected chi connectivity index (χ3v) is 7.09. The minimum atomic E-state index is -0.495. The Kier molecular flexibility index (Phi) is 5.97. The van der Waals surface area contributed by atoms with E-state index in [-0.39, 0.29) is 11.8 Å². The van der Waals surface area contributed by atoms with E-state index in [0.29, 0.717) is 34.6 Å². The fraction of sp³-hybridized carbons (Fsp3) is 0.360. The number of rotatable bonds is 5. The summed E-state index contributed by atoms with van der Waals surface area (Å²) in [5, 5.41) is 16.4. The maximum Gasteiger partial charge on any atom is 0.257 e. The minimum absolute atomic E-state index is 0.0101. The molecule has 1 aromatic heterocycles. The lowest BCUT2D eigenvalue weighted by atomic mass is 9.87. The van der Waals surface area contributed by atoms with Crippen molar-refractivity contribution in [2.45, 2.75) is 37.7 Å². The van der Waals surface area contributed by atoms with E-state index in [1.165, 1.54) is 0 Å². The normalized spacial score (nSPS) is 18.0. The van der Waals surface area contributed by atoms with Crippen LogP contribution >= 0.6 is 23.2 Å². The van der Waals surface area contributed by atoms with Crippen molar-refractivity contribution >= 4 is 29.1 Å². The van der Waals surface area contributed by atoms with Gasteiger partial charge in [0.25, 0.3) is 5.91 Å². The van der Waals surface area contributed by atoms with Gasteiger partial charge in [-0.25, -0.2) is 4.68 Å². The van der Waals surface area contributed by atoms with Crippen molar-refractivity contribution in [1.82, 2.24) is 14.7 Å². The summed E-state index contributed by atoms with van der Waals surface area (Å²) in [5.41, 5.74) is 3.27. The summed E-state index contributed by atoms with van der Waals surface area (Å²) >= 11 is 12.5. The molecular formula is C25H25Cl2N3O2. The quantitative estimate of drug-likeness (QED) is 0.525. The Morgan fingerprint density at radius 3 is 2.41 bits per heavy atom. The van der Waals surface area contributed by atoms with Gasteiger partial charge in [-0.2, -0.15) is 5.10 Å². The number of halogens is 2. The van der Waals surface area contributed by atoms with Gasteiger partial charge < -0.3 is 10.0 Å². The van der Waals surface area contributed by atoms with Gasteiger partial charge in [-0.3, -0.25) is 4.79 Å². The summed E-state index contributed by atoms with van der Waals surface area (Å²) in [4.78, 5) is 15.3. The fourth-order valence-electron chi connectivity index (χ4n) is 4.63. The van der Waals surface area contributed by atoms with E-state index in [0.717, 1.165) is 42.6 Å². The van der Waals surface area contributed by atoms with Crippen LogP contribution in [0.3, 0.4) is 0 Å². The number of carbonyl (C=O) groups excluding carboxylic acids is 1. The molecule has 1 amide bonds. The second-order valence-corrected chi connectivity index (χ2v) is 9.55. The van der Waals surface area contributed by atoms with Crippen molar-refractivity contribution in [3.05, 3.63) is 81.6 Å². The molecule has 1 atom stereocenters. The largest absolute Gasteiger partial charge is 0.388 e. The molecule has 5 nitrogen and oxygen atoms in total. The number of aromatic nitrogens is 2. The van der Waals surface area contributed by atoms with Crippen molar-refractivity contribution in [2.75, 3.05) is 13.1 Å². The van der Waals surface area contributed by atoms with Crippen molar-refractivity contribution in [1.29, 1.82) is 0 Å². The maximum absolute atomic E-state index is 13.4. The van der Waals surface area contributed by atoms with Crippen LogP contribution in [0.15, 0.2) is 54.7 Å². The summed E-state index contributed by atoms with van der Waals surface area (Å²) in [7, 11) is 0. The molecule has 7 heteroatoms. The number of nitrogens with zero attached hydrogens (tertiary/aromatic N) is 3. The zero-order valence-corrected chi connectivity index (χ0v) is 19.1. The van der Waals surface area contributed by atoms with Crippen LogP contribution < -0.4 is 0 Å². The first-order valence-corrected chi connectivity index (χ1v) is 11.8. The van der Waals surface area contributed by atoms with E-state index in [2.05, 4.69) is 5.10 Å². The highest BCUT2D eigenvalue weighted by atomic mass is 35.5. The number of aliphatic hydroxyl groups excluding tert-OH is 1. The van der Waals surface area contributed by atoms with Gasteiger partial charge in [-0.1, -0.05) is 53.5 Å². The molecule has 2 aromatic carbocycles. The third kappa shape index (κ3) is 4.17. The van der Waals surface area contributed by atoms with E-state index in [1.54, 1.807) is 23.0 Å². The molecule has 2 fully saturated rings. The van der Waals surface area contributed by atoms with Gasteiger partial charge >= 0.3 is 0 Å². The van der Waals surface area contributed by atoms with Crippen LogP contribution in [0.1, 0.15) is 59.3 Å². The van der Waals surface area contributed by atoms with Gasteiger partial charge in [-0.15, -0.1) is 0 Å². The maximum atomic E-state index is 13.4. The summed E-state index contributed by atoms with van der Waals surface area (Å²) in [6, 6.07) is 15.1. The lowest BCUT2D eigenvalue weighted by molar-refractivity contribution is 0.0461. The smallest absolute Gasteiger partial charge is 0.257 e. The molecular weight excluding hydrogens is 445 g/mol. The second-order valence-electron chi connectivity index (χ2n) is 8.71. The fourth-order valence-corrected chi connectivity index (χ4v) is 5.12. The second kappa shape index (κ2) is 8.89. The molecule has 1 aliphatic heterocycles. The summed E-state index contributed by atoms with van der Waals surface area (Å²) in [5.74, 6) is 0.483. The molecule has 1 unspecified atom stereocenters. The van der Waals surface area contributed by atoms with Crippen LogP contribution in [0.5, 0.6) is 0 Å². The molecule has 3 aromatic rings. The molecule has 0 bridgehead atoms. The van der Waals surface area contributed by atoms with Gasteiger partial charge in [0.2, 0.25) is 0 Å². The topological polar surface area (TPSA) is 58.4 Å². The van der Waals surface area contributed by atoms with Crippen molar-refractivity contribution < 1.29 is 9.90 Å². The standard InChI is InChI=1S/C25H25Cl2N3O2/c26-19-8-9-22(21(27)14-19)30-23(16-6-7-16)20(15-28-30)25(32)29-12-10-18(11-13-29)24(31)17-4-2-1-3-5-17/h1-5,8-9,14-16,18,24,31H,6-7,10-13H2. The average molecular weight is 470 g/mol. The van der Waals surface area contributed by atoms with E-state index in [1.807, 2.05) is 41.3 Å². The first-order valence-electron chi connectivity index (χ1n) is 11.1. The molecule has 32 heavy (non-hydrogen) atoms. The predicted octanol–water partition coefficient (Wildman–Crippen LogP) is 5.64. The molecule has 5 rings (SSSR count). The van der Waals surface area contributed by atoms with E-state index >= 15 is 0 Å². The van der Waals surface area contributed by atoms with Crippen molar-refractivity contribution in [3.8, 4) is 5.69 Å². The van der Waals surface area contributed by atoms with E-state index in [9.17, 15) is 9.90 Å². The Hall–Kier alpha value is -2.34. The minimum Gasteiger partial charge on any atom is -0.388 e. The van der Waals surface area contributed by atoms with E-state index in [4.69, 9.17) is 23.2 Å². The van der Waals surface area contributed by atoms with Gasteiger partial charge in [0, 0.05) is 24.0 Å². The van der Waals surface area contributed by atoms with Gasteiger partial charge in [-0.05, 0) is 55.4 Å². The first kappa shape index (κ1) is 21.5. The monoisotopic (exact) mass is 469 g/mol. The Labute approximate surface area is 197 Å². The molecule has 1 saturated heterocycles. The summed E-state index contributed by atoms with van der Waals surface area (Å²) < 4.78 is 1.80. The third-order valence-electron chi connectivity index (χ3n) is 6.55. The van der Waals surface area contributed by atoms with Crippen LogP contribution in [0.2, 0.25) is 10.0 Å². The lowest BCUT2D eigenvalue weighted by Gasteiger charge is -2.34. The van der Waals surface area contributed by atoms with Crippen LogP contribution in [0.25, 0.3) is 5.69 Å². The van der Waals surface area contributed by atoms with Gasteiger partial charge in [0.15, 0.2) is 0 Å². The molecule has 2 heterocycles. The highest BCUT2D eigenvalue weighted by Gasteiger charge is 2.36. The lowest BCUT2D eigenvalue weighted by Crippen LogP contribution is -2.40. The highest BCUT2D eigenvalue weighted by Crippen LogP contribution is 2.43. The number of hydrogen-bond donors (Lipinski definition) is 1. The Balaban J connectivity index is 1.34. The van der Waals surface area contributed by atoms with Crippen LogP contribution in [0.4, 0.5) is 0 Å². The summed E-state index contributed by atoms with van der Waals surface area (Å²) in [6.07, 6.45) is 4.82. The highest BCUT2D eigenvalue weighted by molar-refractivity contribution is 6.35. The zero-order valence-electron chi connectivity index (χ0n) is 17.6. The molecule has 166 valence electrons. The van der Waals surface area contributed by atoms with Crippen molar-refractivity contribution in [3.63, 3.8) is 0 Å². The van der Waals surface area contributed by atoms with Crippen LogP contribution in [-0.2, 0) is 0 Å². The number of piperidine rings is 1. The Morgan fingerprint density at radius 1 is 1.03 bits per heavy atom. The Bertz CT molecular complexity index is 1120. The van der Waals surface area contributed by atoms with Crippen molar-refractivity contribution in [2.24, 2.45) is 5.92 Å². The Morgan fingerprint density at radius 2 is 1.75 bits per heavy atom. The van der Waals surface area contributed by atoms with Crippen LogP contribution in [-0.4, -0.2) is 38.8 Å². The number of benzene rings is 2. The number of amides is 1. The van der Waals surface area contributed by atoms with E-state index < -0.39 is 6.10 Å². The number of carbonyl (C=O) groups is 1. The molecule has 0 spiro atoms. The summed E-state index contributed by atoms with van der Waals surface area (Å²) in [6.45, 7) is 1.26. The zero-order chi connectivity index (χ0) is 22.2. The number of aliphatic hydroxyl groups is 1. The SMILES string of the molecule is O=C(c1cnn(-c2ccc(Cl)cc2Cl)c1C1CC1)N1CCC(C(O)c2ccccc2)CC1. The molecule has 1 N–H and O–H groups in total. The number of likely N-dealkylation sites (tertiary alicyclic amines) is 1. The molecule has 1 saturated carbocycles. The molecule has 1 aliphatic carbocycles. The molecule has 2 aliphatic rings. The molecule has 0 radical (unpaired) electrons. The van der Waals surface area contributed by atoms with Gasteiger partial charge in [0.05, 0.1) is 34.3 Å². The number of hydrogen-bond acceptors (Lipinski definition) is 3. The predicted molar refractivity (Wildman–Crippen MR) is 126 cm³/mol. The average Bonchev–Trinajstić information content (AvgIpc) is 3.57. The first-order chi connectivity index (χ1) is 15.5. The van der Waals surface area contributed by atoms with Crippen LogP contribution in [0, 0.1) is 5.92 Å².